The molecule has 0 aliphatic carbocycles. The first-order chi connectivity index (χ1) is 15.1. The molecule has 2 aliphatic heterocycles. The Labute approximate surface area is 184 Å². The normalized spacial score (nSPS) is 18.5. The molecule has 2 aromatic rings. The maximum atomic E-state index is 13.2. The van der Waals surface area contributed by atoms with E-state index in [9.17, 15) is 4.79 Å². The van der Waals surface area contributed by atoms with E-state index in [1.165, 1.54) is 11.1 Å². The molecule has 2 heterocycles. The number of hydrogen-bond acceptors (Lipinski definition) is 5. The molecule has 0 spiro atoms. The average molecular weight is 425 g/mol. The van der Waals surface area contributed by atoms with Crippen molar-refractivity contribution in [2.45, 2.75) is 38.3 Å². The molecule has 0 radical (unpaired) electrons. The summed E-state index contributed by atoms with van der Waals surface area (Å²) in [5.41, 5.74) is 3.59. The zero-order chi connectivity index (χ0) is 21.8. The van der Waals surface area contributed by atoms with Crippen molar-refractivity contribution in [1.29, 1.82) is 0 Å². The first-order valence-electron chi connectivity index (χ1n) is 11.0. The number of amides is 1. The first-order valence-corrected chi connectivity index (χ1v) is 11.0. The summed E-state index contributed by atoms with van der Waals surface area (Å²) in [6, 6.07) is 12.6. The van der Waals surface area contributed by atoms with Crippen LogP contribution in [0.25, 0.3) is 0 Å². The summed E-state index contributed by atoms with van der Waals surface area (Å²) in [7, 11) is 5.01. The third-order valence-electron chi connectivity index (χ3n) is 6.56. The molecule has 31 heavy (non-hydrogen) atoms. The van der Waals surface area contributed by atoms with E-state index < -0.39 is 0 Å². The summed E-state index contributed by atoms with van der Waals surface area (Å²) >= 11 is 0. The Morgan fingerprint density at radius 1 is 0.968 bits per heavy atom. The van der Waals surface area contributed by atoms with E-state index in [4.69, 9.17) is 14.2 Å². The van der Waals surface area contributed by atoms with Crippen LogP contribution >= 0.6 is 0 Å². The Morgan fingerprint density at radius 3 is 2.42 bits per heavy atom. The Balaban J connectivity index is 1.41. The molecule has 2 aromatic carbocycles. The minimum absolute atomic E-state index is 0.201. The highest BCUT2D eigenvalue weighted by molar-refractivity contribution is 5.78. The highest BCUT2D eigenvalue weighted by atomic mass is 16.5. The van der Waals surface area contributed by atoms with Gasteiger partial charge in [0.25, 0.3) is 0 Å². The smallest absolute Gasteiger partial charge is 0.237 e. The van der Waals surface area contributed by atoms with Crippen molar-refractivity contribution >= 4 is 5.91 Å². The van der Waals surface area contributed by atoms with Gasteiger partial charge in [-0.05, 0) is 67.1 Å². The number of hydrogen-bond donors (Lipinski definition) is 0. The lowest BCUT2D eigenvalue weighted by Gasteiger charge is -2.32. The summed E-state index contributed by atoms with van der Waals surface area (Å²) in [6.07, 6.45) is 4.00. The third-order valence-corrected chi connectivity index (χ3v) is 6.56. The second-order valence-electron chi connectivity index (χ2n) is 8.32. The number of para-hydroxylation sites is 1. The minimum atomic E-state index is 0.201. The summed E-state index contributed by atoms with van der Waals surface area (Å²) < 4.78 is 16.4. The van der Waals surface area contributed by atoms with Crippen LogP contribution in [0.15, 0.2) is 36.4 Å². The summed E-state index contributed by atoms with van der Waals surface area (Å²) in [6.45, 7) is 2.81. The van der Waals surface area contributed by atoms with Crippen molar-refractivity contribution in [1.82, 2.24) is 9.80 Å². The number of methoxy groups -OCH3 is 3. The predicted molar refractivity (Wildman–Crippen MR) is 120 cm³/mol. The van der Waals surface area contributed by atoms with Crippen LogP contribution in [0, 0.1) is 0 Å². The van der Waals surface area contributed by atoms with E-state index in [-0.39, 0.29) is 5.91 Å². The number of carbonyl (C=O) groups is 1. The third kappa shape index (κ3) is 4.64. The molecule has 4 rings (SSSR count). The molecular formula is C25H32N2O4. The lowest BCUT2D eigenvalue weighted by Crippen LogP contribution is -2.44. The maximum absolute atomic E-state index is 13.2. The van der Waals surface area contributed by atoms with E-state index in [1.54, 1.807) is 21.3 Å². The summed E-state index contributed by atoms with van der Waals surface area (Å²) in [5.74, 6) is 2.59. The van der Waals surface area contributed by atoms with E-state index in [0.717, 1.165) is 55.8 Å². The maximum Gasteiger partial charge on any atom is 0.237 e. The standard InChI is InChI=1S/C25H32N2O4/c1-29-22-9-5-4-7-19(22)13-21-8-6-11-26(21)17-25(28)27-12-10-18-14-23(30-2)24(31-3)15-20(18)16-27/h4-5,7,9,14-15,21H,6,8,10-13,16-17H2,1-3H3/t21-/m0/s1. The average Bonchev–Trinajstić information content (AvgIpc) is 3.24. The molecule has 6 nitrogen and oxygen atoms in total. The van der Waals surface area contributed by atoms with Gasteiger partial charge in [-0.2, -0.15) is 0 Å². The van der Waals surface area contributed by atoms with Crippen LogP contribution in [0.1, 0.15) is 29.5 Å². The number of fused-ring (bicyclic) bond motifs is 1. The van der Waals surface area contributed by atoms with E-state index in [1.807, 2.05) is 29.2 Å². The number of rotatable bonds is 7. The first kappa shape index (κ1) is 21.5. The van der Waals surface area contributed by atoms with Gasteiger partial charge < -0.3 is 19.1 Å². The molecule has 1 atom stereocenters. The molecular weight excluding hydrogens is 392 g/mol. The fraction of sp³-hybridized carbons (Fsp3) is 0.480. The molecule has 0 N–H and O–H groups in total. The van der Waals surface area contributed by atoms with Crippen LogP contribution in [0.3, 0.4) is 0 Å². The second kappa shape index (κ2) is 9.60. The van der Waals surface area contributed by atoms with Gasteiger partial charge in [0.2, 0.25) is 5.91 Å². The largest absolute Gasteiger partial charge is 0.496 e. The van der Waals surface area contributed by atoms with Crippen molar-refractivity contribution in [2.24, 2.45) is 0 Å². The Kier molecular flexibility index (Phi) is 6.66. The van der Waals surface area contributed by atoms with Crippen LogP contribution in [0.2, 0.25) is 0 Å². The molecule has 166 valence electrons. The van der Waals surface area contributed by atoms with E-state index >= 15 is 0 Å². The number of benzene rings is 2. The van der Waals surface area contributed by atoms with Gasteiger partial charge in [0, 0.05) is 19.1 Å². The summed E-state index contributed by atoms with van der Waals surface area (Å²) in [5, 5.41) is 0. The highest BCUT2D eigenvalue weighted by Gasteiger charge is 2.30. The van der Waals surface area contributed by atoms with Gasteiger partial charge in [0.1, 0.15) is 5.75 Å². The monoisotopic (exact) mass is 424 g/mol. The van der Waals surface area contributed by atoms with E-state index in [2.05, 4.69) is 17.0 Å². The van der Waals surface area contributed by atoms with Gasteiger partial charge in [-0.15, -0.1) is 0 Å². The number of ether oxygens (including phenoxy) is 3. The molecule has 6 heteroatoms. The molecule has 2 aliphatic rings. The van der Waals surface area contributed by atoms with Crippen molar-refractivity contribution in [3.63, 3.8) is 0 Å². The summed E-state index contributed by atoms with van der Waals surface area (Å²) in [4.78, 5) is 17.5. The van der Waals surface area contributed by atoms with Crippen molar-refractivity contribution in [3.05, 3.63) is 53.1 Å². The zero-order valence-corrected chi connectivity index (χ0v) is 18.7. The van der Waals surface area contributed by atoms with Gasteiger partial charge in [-0.25, -0.2) is 0 Å². The highest BCUT2D eigenvalue weighted by Crippen LogP contribution is 2.33. The molecule has 0 saturated carbocycles. The Morgan fingerprint density at radius 2 is 1.68 bits per heavy atom. The van der Waals surface area contributed by atoms with Gasteiger partial charge in [-0.3, -0.25) is 9.69 Å². The van der Waals surface area contributed by atoms with Crippen LogP contribution < -0.4 is 14.2 Å². The van der Waals surface area contributed by atoms with Gasteiger partial charge in [0.05, 0.1) is 27.9 Å². The molecule has 0 bridgehead atoms. The Hall–Kier alpha value is -2.73. The quantitative estimate of drug-likeness (QED) is 0.683. The van der Waals surface area contributed by atoms with Crippen molar-refractivity contribution in [2.75, 3.05) is 41.0 Å². The van der Waals surface area contributed by atoms with Gasteiger partial charge in [-0.1, -0.05) is 18.2 Å². The molecule has 0 unspecified atom stereocenters. The zero-order valence-electron chi connectivity index (χ0n) is 18.7. The van der Waals surface area contributed by atoms with Crippen LogP contribution in [0.5, 0.6) is 17.2 Å². The topological polar surface area (TPSA) is 51.2 Å². The molecule has 1 amide bonds. The van der Waals surface area contributed by atoms with Crippen LogP contribution in [0.4, 0.5) is 0 Å². The van der Waals surface area contributed by atoms with Crippen molar-refractivity contribution < 1.29 is 19.0 Å². The van der Waals surface area contributed by atoms with Gasteiger partial charge >= 0.3 is 0 Å². The molecule has 0 aromatic heterocycles. The van der Waals surface area contributed by atoms with Crippen molar-refractivity contribution in [3.8, 4) is 17.2 Å². The van der Waals surface area contributed by atoms with Gasteiger partial charge in [0.15, 0.2) is 11.5 Å². The lowest BCUT2D eigenvalue weighted by molar-refractivity contribution is -0.133. The fourth-order valence-electron chi connectivity index (χ4n) is 4.83. The number of likely N-dealkylation sites (tertiary alicyclic amines) is 1. The number of nitrogens with zero attached hydrogens (tertiary/aromatic N) is 2. The Bertz CT molecular complexity index is 930. The SMILES string of the molecule is COc1ccccc1C[C@@H]1CCCN1CC(=O)N1CCc2cc(OC)c(OC)cc2C1. The van der Waals surface area contributed by atoms with Crippen LogP contribution in [-0.4, -0.2) is 62.7 Å². The predicted octanol–water partition coefficient (Wildman–Crippen LogP) is 3.30. The van der Waals surface area contributed by atoms with E-state index in [0.29, 0.717) is 24.9 Å². The van der Waals surface area contributed by atoms with Crippen LogP contribution in [-0.2, 0) is 24.2 Å². The second-order valence-corrected chi connectivity index (χ2v) is 8.32. The molecule has 1 fully saturated rings. The molecule has 1 saturated heterocycles. The fourth-order valence-corrected chi connectivity index (χ4v) is 4.83. The lowest BCUT2D eigenvalue weighted by atomic mass is 9.98. The minimum Gasteiger partial charge on any atom is -0.496 e. The number of carbonyl (C=O) groups excluding carboxylic acids is 1.